The molecule has 25 heavy (non-hydrogen) atoms. The predicted molar refractivity (Wildman–Crippen MR) is 94.1 cm³/mol. The van der Waals surface area contributed by atoms with Crippen LogP contribution in [0.15, 0.2) is 53.1 Å². The largest absolute Gasteiger partial charge is 0.497 e. The second-order valence-electron chi connectivity index (χ2n) is 5.84. The smallest absolute Gasteiger partial charge is 0.245 e. The fourth-order valence-electron chi connectivity index (χ4n) is 2.92. The highest BCUT2D eigenvalue weighted by Gasteiger charge is 2.30. The first kappa shape index (κ1) is 16.1. The Kier molecular flexibility index (Phi) is 4.40. The first-order valence-electron chi connectivity index (χ1n) is 7.98. The minimum atomic E-state index is -0.0695. The van der Waals surface area contributed by atoms with E-state index in [2.05, 4.69) is 27.1 Å². The van der Waals surface area contributed by atoms with Crippen molar-refractivity contribution in [3.63, 3.8) is 0 Å². The van der Waals surface area contributed by atoms with E-state index < -0.39 is 0 Å². The molecule has 0 spiro atoms. The van der Waals surface area contributed by atoms with E-state index in [1.54, 1.807) is 13.2 Å². The average Bonchev–Trinajstić information content (AvgIpc) is 3.31. The molecule has 1 aromatic heterocycles. The number of methoxy groups -OCH3 is 1. The molecule has 0 aliphatic carbocycles. The molecule has 1 aliphatic rings. The van der Waals surface area contributed by atoms with Crippen molar-refractivity contribution in [2.24, 2.45) is 0 Å². The molecule has 1 aliphatic heterocycles. The molecule has 1 fully saturated rings. The van der Waals surface area contributed by atoms with E-state index >= 15 is 0 Å². The van der Waals surface area contributed by atoms with Gasteiger partial charge in [0.05, 0.1) is 12.1 Å². The lowest BCUT2D eigenvalue weighted by Crippen LogP contribution is -2.26. The van der Waals surface area contributed by atoms with Crippen molar-refractivity contribution in [2.45, 2.75) is 18.5 Å². The van der Waals surface area contributed by atoms with Crippen molar-refractivity contribution in [1.82, 2.24) is 21.0 Å². The van der Waals surface area contributed by atoms with Gasteiger partial charge in [0.15, 0.2) is 0 Å². The van der Waals surface area contributed by atoms with Crippen molar-refractivity contribution < 1.29 is 9.26 Å². The highest BCUT2D eigenvalue weighted by molar-refractivity contribution is 6.33. The van der Waals surface area contributed by atoms with E-state index in [9.17, 15) is 0 Å². The number of aromatic nitrogens is 2. The summed E-state index contributed by atoms with van der Waals surface area (Å²) in [5.74, 6) is 1.86. The Hall–Kier alpha value is -2.41. The van der Waals surface area contributed by atoms with Crippen molar-refractivity contribution in [2.75, 3.05) is 7.11 Å². The number of ether oxygens (including phenoxy) is 1. The maximum absolute atomic E-state index is 6.20. The third-order valence-corrected chi connectivity index (χ3v) is 4.58. The van der Waals surface area contributed by atoms with E-state index in [4.69, 9.17) is 20.9 Å². The molecule has 0 saturated carbocycles. The Morgan fingerprint density at radius 1 is 1.12 bits per heavy atom. The SMILES string of the molecule is COc1cccc(C2CC(c3nc(-c4ccccc4Cl)no3)NN2)c1. The molecular formula is C18H17ClN4O2. The molecule has 4 rings (SSSR count). The van der Waals surface area contributed by atoms with Crippen molar-refractivity contribution in [1.29, 1.82) is 0 Å². The van der Waals surface area contributed by atoms with E-state index in [1.807, 2.05) is 36.4 Å². The zero-order valence-corrected chi connectivity index (χ0v) is 14.3. The highest BCUT2D eigenvalue weighted by atomic mass is 35.5. The van der Waals surface area contributed by atoms with Gasteiger partial charge >= 0.3 is 0 Å². The van der Waals surface area contributed by atoms with Gasteiger partial charge in [0.1, 0.15) is 11.8 Å². The van der Waals surface area contributed by atoms with Crippen LogP contribution in [-0.2, 0) is 0 Å². The van der Waals surface area contributed by atoms with Gasteiger partial charge < -0.3 is 9.26 Å². The highest BCUT2D eigenvalue weighted by Crippen LogP contribution is 2.33. The van der Waals surface area contributed by atoms with Gasteiger partial charge in [-0.15, -0.1) is 0 Å². The van der Waals surface area contributed by atoms with Crippen LogP contribution in [0.3, 0.4) is 0 Å². The number of benzene rings is 2. The predicted octanol–water partition coefficient (Wildman–Crippen LogP) is 3.68. The molecule has 2 aromatic carbocycles. The van der Waals surface area contributed by atoms with Gasteiger partial charge in [-0.2, -0.15) is 4.98 Å². The molecule has 2 unspecified atom stereocenters. The fraction of sp³-hybridized carbons (Fsp3) is 0.222. The molecule has 6 nitrogen and oxygen atoms in total. The molecule has 128 valence electrons. The molecular weight excluding hydrogens is 340 g/mol. The summed E-state index contributed by atoms with van der Waals surface area (Å²) in [5, 5.41) is 4.66. The molecule has 2 atom stereocenters. The lowest BCUT2D eigenvalue weighted by atomic mass is 10.0. The van der Waals surface area contributed by atoms with E-state index in [0.717, 1.165) is 23.3 Å². The second kappa shape index (κ2) is 6.84. The lowest BCUT2D eigenvalue weighted by Gasteiger charge is -2.10. The minimum absolute atomic E-state index is 0.0695. The molecule has 0 bridgehead atoms. The number of rotatable bonds is 4. The van der Waals surface area contributed by atoms with E-state index in [-0.39, 0.29) is 12.1 Å². The van der Waals surface area contributed by atoms with Gasteiger partial charge in [0.25, 0.3) is 0 Å². The summed E-state index contributed by atoms with van der Waals surface area (Å²) in [6.07, 6.45) is 0.789. The Bertz CT molecular complexity index is 883. The molecule has 0 amide bonds. The van der Waals surface area contributed by atoms with Crippen LogP contribution < -0.4 is 15.6 Å². The fourth-order valence-corrected chi connectivity index (χ4v) is 3.14. The zero-order chi connectivity index (χ0) is 17.2. The van der Waals surface area contributed by atoms with E-state index in [0.29, 0.717) is 16.7 Å². The summed E-state index contributed by atoms with van der Waals surface area (Å²) in [4.78, 5) is 4.50. The number of nitrogens with zero attached hydrogens (tertiary/aromatic N) is 2. The van der Waals surface area contributed by atoms with Crippen molar-refractivity contribution in [3.8, 4) is 17.1 Å². The molecule has 0 radical (unpaired) electrons. The molecule has 1 saturated heterocycles. The Morgan fingerprint density at radius 2 is 1.96 bits per heavy atom. The Labute approximate surface area is 150 Å². The minimum Gasteiger partial charge on any atom is -0.497 e. The van der Waals surface area contributed by atoms with Gasteiger partial charge in [-0.25, -0.2) is 10.9 Å². The topological polar surface area (TPSA) is 72.2 Å². The zero-order valence-electron chi connectivity index (χ0n) is 13.6. The van der Waals surface area contributed by atoms with Gasteiger partial charge in [-0.3, -0.25) is 0 Å². The summed E-state index contributed by atoms with van der Waals surface area (Å²) >= 11 is 6.20. The average molecular weight is 357 g/mol. The standard InChI is InChI=1S/C18H17ClN4O2/c1-24-12-6-4-5-11(9-12)15-10-16(22-21-15)18-20-17(23-25-18)13-7-2-3-8-14(13)19/h2-9,15-16,21-22H,10H2,1H3. The summed E-state index contributed by atoms with van der Waals surface area (Å²) in [6, 6.07) is 15.5. The van der Waals surface area contributed by atoms with Gasteiger partial charge in [-0.1, -0.05) is 41.0 Å². The summed E-state index contributed by atoms with van der Waals surface area (Å²) < 4.78 is 10.7. The number of hydrogen-bond donors (Lipinski definition) is 2. The summed E-state index contributed by atoms with van der Waals surface area (Å²) in [5.41, 5.74) is 8.39. The monoisotopic (exact) mass is 356 g/mol. The molecule has 2 N–H and O–H groups in total. The molecule has 2 heterocycles. The van der Waals surface area contributed by atoms with Crippen LogP contribution in [-0.4, -0.2) is 17.3 Å². The van der Waals surface area contributed by atoms with Crippen LogP contribution in [0.2, 0.25) is 5.02 Å². The van der Waals surface area contributed by atoms with Crippen molar-refractivity contribution >= 4 is 11.6 Å². The summed E-state index contributed by atoms with van der Waals surface area (Å²) in [6.45, 7) is 0. The number of nitrogens with one attached hydrogen (secondary N) is 2. The maximum Gasteiger partial charge on any atom is 0.245 e. The van der Waals surface area contributed by atoms with Crippen LogP contribution in [0, 0.1) is 0 Å². The van der Waals surface area contributed by atoms with E-state index in [1.165, 1.54) is 0 Å². The number of hydrogen-bond acceptors (Lipinski definition) is 6. The second-order valence-corrected chi connectivity index (χ2v) is 6.25. The van der Waals surface area contributed by atoms with Crippen LogP contribution in [0.5, 0.6) is 5.75 Å². The first-order valence-corrected chi connectivity index (χ1v) is 8.36. The maximum atomic E-state index is 6.20. The Balaban J connectivity index is 1.52. The van der Waals surface area contributed by atoms with Gasteiger partial charge in [-0.05, 0) is 36.2 Å². The third-order valence-electron chi connectivity index (χ3n) is 4.25. The lowest BCUT2D eigenvalue weighted by molar-refractivity contribution is 0.340. The van der Waals surface area contributed by atoms with Crippen molar-refractivity contribution in [3.05, 3.63) is 65.0 Å². The number of halogens is 1. The van der Waals surface area contributed by atoms with Crippen LogP contribution in [0.1, 0.15) is 30.0 Å². The van der Waals surface area contributed by atoms with Crippen LogP contribution >= 0.6 is 11.6 Å². The van der Waals surface area contributed by atoms with Crippen LogP contribution in [0.25, 0.3) is 11.4 Å². The van der Waals surface area contributed by atoms with Gasteiger partial charge in [0.2, 0.25) is 11.7 Å². The quantitative estimate of drug-likeness (QED) is 0.743. The molecule has 3 aromatic rings. The third kappa shape index (κ3) is 3.24. The molecule has 7 heteroatoms. The van der Waals surface area contributed by atoms with Gasteiger partial charge in [0, 0.05) is 11.6 Å². The summed E-state index contributed by atoms with van der Waals surface area (Å²) in [7, 11) is 1.66. The number of hydrazine groups is 1. The van der Waals surface area contributed by atoms with Crippen LogP contribution in [0.4, 0.5) is 0 Å². The Morgan fingerprint density at radius 3 is 2.80 bits per heavy atom. The normalized spacial score (nSPS) is 19.9. The first-order chi connectivity index (χ1) is 12.2.